The second-order valence-corrected chi connectivity index (χ2v) is 6.02. The number of ether oxygens (including phenoxy) is 1. The third-order valence-corrected chi connectivity index (χ3v) is 3.45. The summed E-state index contributed by atoms with van der Waals surface area (Å²) in [5, 5.41) is 0. The lowest BCUT2D eigenvalue weighted by molar-refractivity contribution is 0.304. The van der Waals surface area contributed by atoms with Crippen molar-refractivity contribution in [1.29, 1.82) is 0 Å². The van der Waals surface area contributed by atoms with Crippen LogP contribution in [0, 0.1) is 5.92 Å². The Morgan fingerprint density at radius 3 is 2.55 bits per heavy atom. The van der Waals surface area contributed by atoms with Crippen LogP contribution in [-0.4, -0.2) is 11.6 Å². The van der Waals surface area contributed by atoms with Crippen molar-refractivity contribution in [3.8, 4) is 5.88 Å². The average Bonchev–Trinajstić information content (AvgIpc) is 2.44. The van der Waals surface area contributed by atoms with E-state index in [1.165, 1.54) is 44.2 Å². The fraction of sp³-hybridized carbons (Fsp3) is 0.722. The summed E-state index contributed by atoms with van der Waals surface area (Å²) >= 11 is 0. The molecule has 2 nitrogen and oxygen atoms in total. The van der Waals surface area contributed by atoms with Gasteiger partial charge in [0.15, 0.2) is 0 Å². The number of hydrogen-bond acceptors (Lipinski definition) is 2. The van der Waals surface area contributed by atoms with Crippen LogP contribution in [0.1, 0.15) is 71.4 Å². The summed E-state index contributed by atoms with van der Waals surface area (Å²) < 4.78 is 5.57. The zero-order valence-electron chi connectivity index (χ0n) is 13.5. The Morgan fingerprint density at radius 1 is 1.05 bits per heavy atom. The van der Waals surface area contributed by atoms with Crippen molar-refractivity contribution in [1.82, 2.24) is 4.98 Å². The number of aryl methyl sites for hydroxylation is 1. The molecule has 1 rings (SSSR count). The molecule has 0 amide bonds. The number of rotatable bonds is 11. The van der Waals surface area contributed by atoms with Crippen molar-refractivity contribution in [2.24, 2.45) is 5.92 Å². The maximum absolute atomic E-state index is 5.57. The summed E-state index contributed by atoms with van der Waals surface area (Å²) in [5.41, 5.74) is 1.17. The molecule has 1 aromatic heterocycles. The third kappa shape index (κ3) is 8.19. The summed E-state index contributed by atoms with van der Waals surface area (Å²) in [6.07, 6.45) is 10.2. The molecule has 0 radical (unpaired) electrons. The minimum atomic E-state index is 0.756. The second-order valence-electron chi connectivity index (χ2n) is 6.02. The molecule has 0 bridgehead atoms. The molecule has 0 aliphatic heterocycles. The number of pyridine rings is 1. The number of nitrogens with zero attached hydrogens (tertiary/aromatic N) is 1. The topological polar surface area (TPSA) is 22.1 Å². The fourth-order valence-electron chi connectivity index (χ4n) is 2.27. The molecule has 114 valence electrons. The van der Waals surface area contributed by atoms with E-state index in [1.807, 2.05) is 6.07 Å². The first-order valence-electron chi connectivity index (χ1n) is 8.31. The Labute approximate surface area is 125 Å². The van der Waals surface area contributed by atoms with E-state index in [0.29, 0.717) is 0 Å². The van der Waals surface area contributed by atoms with E-state index in [4.69, 9.17) is 4.74 Å². The quantitative estimate of drug-likeness (QED) is 0.504. The maximum atomic E-state index is 5.57. The van der Waals surface area contributed by atoms with Gasteiger partial charge in [0.25, 0.3) is 0 Å². The lowest BCUT2D eigenvalue weighted by Gasteiger charge is -2.06. The summed E-state index contributed by atoms with van der Waals surface area (Å²) in [6.45, 7) is 7.48. The van der Waals surface area contributed by atoms with Crippen LogP contribution in [-0.2, 0) is 6.42 Å². The largest absolute Gasteiger partial charge is 0.478 e. The van der Waals surface area contributed by atoms with Gasteiger partial charge in [0.05, 0.1) is 6.61 Å². The third-order valence-electron chi connectivity index (χ3n) is 3.45. The van der Waals surface area contributed by atoms with Crippen LogP contribution in [0.5, 0.6) is 5.88 Å². The van der Waals surface area contributed by atoms with E-state index < -0.39 is 0 Å². The molecule has 1 heterocycles. The minimum absolute atomic E-state index is 0.756. The fourth-order valence-corrected chi connectivity index (χ4v) is 2.27. The summed E-state index contributed by atoms with van der Waals surface area (Å²) in [7, 11) is 0. The van der Waals surface area contributed by atoms with E-state index >= 15 is 0 Å². The molecule has 2 heteroatoms. The van der Waals surface area contributed by atoms with Gasteiger partial charge in [0, 0.05) is 11.8 Å². The summed E-state index contributed by atoms with van der Waals surface area (Å²) in [5.74, 6) is 1.63. The summed E-state index contributed by atoms with van der Waals surface area (Å²) in [4.78, 5) is 4.55. The monoisotopic (exact) mass is 277 g/mol. The Kier molecular flexibility index (Phi) is 9.10. The van der Waals surface area contributed by atoms with Gasteiger partial charge in [-0.2, -0.15) is 0 Å². The van der Waals surface area contributed by atoms with Gasteiger partial charge in [0.1, 0.15) is 0 Å². The van der Waals surface area contributed by atoms with E-state index in [9.17, 15) is 0 Å². The smallest absolute Gasteiger partial charge is 0.213 e. The van der Waals surface area contributed by atoms with E-state index in [2.05, 4.69) is 37.9 Å². The van der Waals surface area contributed by atoms with Crippen LogP contribution < -0.4 is 4.74 Å². The predicted molar refractivity (Wildman–Crippen MR) is 86.3 cm³/mol. The first kappa shape index (κ1) is 17.0. The molecule has 0 atom stereocenters. The lowest BCUT2D eigenvalue weighted by Crippen LogP contribution is -1.99. The van der Waals surface area contributed by atoms with E-state index in [1.54, 1.807) is 0 Å². The maximum Gasteiger partial charge on any atom is 0.213 e. The Hall–Kier alpha value is -1.05. The van der Waals surface area contributed by atoms with Gasteiger partial charge < -0.3 is 4.74 Å². The van der Waals surface area contributed by atoms with Crippen LogP contribution in [0.2, 0.25) is 0 Å². The van der Waals surface area contributed by atoms with Crippen molar-refractivity contribution in [3.63, 3.8) is 0 Å². The van der Waals surface area contributed by atoms with Gasteiger partial charge in [-0.3, -0.25) is 0 Å². The van der Waals surface area contributed by atoms with Crippen molar-refractivity contribution in [2.45, 2.75) is 72.1 Å². The normalized spacial score (nSPS) is 11.0. The van der Waals surface area contributed by atoms with Gasteiger partial charge in [-0.05, 0) is 31.2 Å². The molecule has 0 unspecified atom stereocenters. The van der Waals surface area contributed by atoms with Crippen LogP contribution in [0.25, 0.3) is 0 Å². The van der Waals surface area contributed by atoms with Crippen molar-refractivity contribution in [3.05, 3.63) is 23.9 Å². The molecule has 0 N–H and O–H groups in total. The van der Waals surface area contributed by atoms with Crippen LogP contribution in [0.4, 0.5) is 0 Å². The predicted octanol–water partition coefficient (Wildman–Crippen LogP) is 5.41. The summed E-state index contributed by atoms with van der Waals surface area (Å²) in [6, 6.07) is 6.11. The second kappa shape index (κ2) is 10.7. The van der Waals surface area contributed by atoms with E-state index in [0.717, 1.165) is 31.2 Å². The van der Waals surface area contributed by atoms with Gasteiger partial charge in [0.2, 0.25) is 5.88 Å². The Morgan fingerprint density at radius 2 is 1.80 bits per heavy atom. The highest BCUT2D eigenvalue weighted by molar-refractivity contribution is 5.15. The van der Waals surface area contributed by atoms with Crippen molar-refractivity contribution >= 4 is 0 Å². The highest BCUT2D eigenvalue weighted by atomic mass is 16.5. The molecule has 0 aromatic carbocycles. The molecule has 20 heavy (non-hydrogen) atoms. The van der Waals surface area contributed by atoms with Crippen molar-refractivity contribution < 1.29 is 4.74 Å². The number of aromatic nitrogens is 1. The number of hydrogen-bond donors (Lipinski definition) is 0. The Bertz CT molecular complexity index is 349. The Balaban J connectivity index is 2.12. The van der Waals surface area contributed by atoms with E-state index in [-0.39, 0.29) is 0 Å². The molecule has 0 spiro atoms. The standard InChI is InChI=1S/C18H31NO/c1-4-15-20-18-14-10-13-17(19-18)12-9-7-5-6-8-11-16(2)3/h10,13-14,16H,4-9,11-12,15H2,1-3H3. The molecule has 0 aliphatic carbocycles. The van der Waals surface area contributed by atoms with Gasteiger partial charge in [-0.1, -0.05) is 58.9 Å². The van der Waals surface area contributed by atoms with Gasteiger partial charge >= 0.3 is 0 Å². The average molecular weight is 277 g/mol. The minimum Gasteiger partial charge on any atom is -0.478 e. The molecular formula is C18H31NO. The molecule has 0 saturated heterocycles. The SMILES string of the molecule is CCCOc1cccc(CCCCCCCC(C)C)n1. The molecule has 0 fully saturated rings. The van der Waals surface area contributed by atoms with Gasteiger partial charge in [-0.25, -0.2) is 4.98 Å². The molecule has 0 aliphatic rings. The van der Waals surface area contributed by atoms with Crippen LogP contribution in [0.15, 0.2) is 18.2 Å². The van der Waals surface area contributed by atoms with Gasteiger partial charge in [-0.15, -0.1) is 0 Å². The molecular weight excluding hydrogens is 246 g/mol. The highest BCUT2D eigenvalue weighted by Crippen LogP contribution is 2.13. The highest BCUT2D eigenvalue weighted by Gasteiger charge is 1.99. The first-order valence-corrected chi connectivity index (χ1v) is 8.31. The molecule has 0 saturated carbocycles. The van der Waals surface area contributed by atoms with Crippen LogP contribution >= 0.6 is 0 Å². The molecule has 1 aromatic rings. The zero-order chi connectivity index (χ0) is 14.6. The lowest BCUT2D eigenvalue weighted by atomic mass is 10.0. The zero-order valence-corrected chi connectivity index (χ0v) is 13.5. The van der Waals surface area contributed by atoms with Crippen molar-refractivity contribution in [2.75, 3.05) is 6.61 Å². The first-order chi connectivity index (χ1) is 9.72. The number of unbranched alkanes of at least 4 members (excludes halogenated alkanes) is 4. The van der Waals surface area contributed by atoms with Crippen LogP contribution in [0.3, 0.4) is 0 Å².